The minimum absolute atomic E-state index is 0.0752. The van der Waals surface area contributed by atoms with Crippen molar-refractivity contribution >= 4 is 17.2 Å². The number of rotatable bonds is 8. The zero-order valence-corrected chi connectivity index (χ0v) is 21.6. The van der Waals surface area contributed by atoms with Crippen LogP contribution in [0.3, 0.4) is 0 Å². The summed E-state index contributed by atoms with van der Waals surface area (Å²) in [5, 5.41) is 12.4. The van der Waals surface area contributed by atoms with E-state index in [0.29, 0.717) is 28.6 Å². The van der Waals surface area contributed by atoms with Gasteiger partial charge in [-0.3, -0.25) is 0 Å². The number of nitrogens with zero attached hydrogens (tertiary/aromatic N) is 7. The normalized spacial score (nSPS) is 14.0. The molecule has 2 unspecified atom stereocenters. The zero-order chi connectivity index (χ0) is 26.5. The summed E-state index contributed by atoms with van der Waals surface area (Å²) in [5.74, 6) is -0.778. The van der Waals surface area contributed by atoms with E-state index in [0.717, 1.165) is 12.0 Å². The molecule has 3 atom stereocenters. The lowest BCUT2D eigenvalue weighted by molar-refractivity contribution is 0.587. The Morgan fingerprint density at radius 2 is 1.78 bits per heavy atom. The van der Waals surface area contributed by atoms with Crippen LogP contribution in [0, 0.1) is 11.6 Å². The Balaban J connectivity index is 1.69. The highest BCUT2D eigenvalue weighted by atomic mass is 32.2. The fourth-order valence-corrected chi connectivity index (χ4v) is 4.00. The van der Waals surface area contributed by atoms with E-state index in [1.165, 1.54) is 24.5 Å². The van der Waals surface area contributed by atoms with Crippen LogP contribution in [0.4, 0.5) is 14.6 Å². The van der Waals surface area contributed by atoms with Crippen molar-refractivity contribution in [2.75, 3.05) is 6.26 Å². The van der Waals surface area contributed by atoms with Crippen LogP contribution in [0.5, 0.6) is 0 Å². The monoisotopic (exact) mass is 521 g/mol. The molecule has 8 nitrogen and oxygen atoms in total. The van der Waals surface area contributed by atoms with Crippen LogP contribution in [-0.2, 0) is 11.4 Å². The fraction of sp³-hybridized carbons (Fsp3) is 0.269. The average molecular weight is 522 g/mol. The molecular formula is C26H25F2N7OS. The van der Waals surface area contributed by atoms with E-state index in [9.17, 15) is 13.3 Å². The number of aromatic nitrogens is 5. The summed E-state index contributed by atoms with van der Waals surface area (Å²) < 4.78 is 43.5. The molecule has 11 heteroatoms. The van der Waals surface area contributed by atoms with Gasteiger partial charge in [0.2, 0.25) is 0 Å². The molecule has 190 valence electrons. The van der Waals surface area contributed by atoms with Gasteiger partial charge >= 0.3 is 0 Å². The van der Waals surface area contributed by atoms with E-state index < -0.39 is 23.0 Å². The number of hydrogen-bond donors (Lipinski definition) is 0. The Morgan fingerprint density at radius 3 is 2.43 bits per heavy atom. The van der Waals surface area contributed by atoms with E-state index in [1.54, 1.807) is 36.7 Å². The molecule has 0 aliphatic rings. The van der Waals surface area contributed by atoms with Gasteiger partial charge in [-0.05, 0) is 54.3 Å². The molecule has 0 aliphatic carbocycles. The van der Waals surface area contributed by atoms with Gasteiger partial charge in [0, 0.05) is 28.4 Å². The van der Waals surface area contributed by atoms with Crippen LogP contribution < -0.4 is 0 Å². The Labute approximate surface area is 216 Å². The standard InChI is InChI=1S/C26H25F2N7OS/c1-5-15(2)18-13-22(24-19(27)7-6-8-20(24)28)32-34-25(18)16(3)21-11-12-29-26(31-21)17-9-10-23(30-14-17)33-35-37(4)36/h6-16H,5H2,1-4H3/t15-,16?,37?/m0/s1. The second-order valence-corrected chi connectivity index (χ2v) is 9.52. The smallest absolute Gasteiger partial charge is 0.178 e. The largest absolute Gasteiger partial charge is 0.590 e. The van der Waals surface area contributed by atoms with Gasteiger partial charge in [0.05, 0.1) is 22.6 Å². The molecular weight excluding hydrogens is 496 g/mol. The molecule has 3 heterocycles. The van der Waals surface area contributed by atoms with E-state index in [-0.39, 0.29) is 23.1 Å². The van der Waals surface area contributed by atoms with Crippen molar-refractivity contribution in [2.45, 2.75) is 39.0 Å². The number of benzene rings is 1. The maximum Gasteiger partial charge on any atom is 0.178 e. The van der Waals surface area contributed by atoms with Gasteiger partial charge in [-0.1, -0.05) is 32.0 Å². The van der Waals surface area contributed by atoms with Gasteiger partial charge in [0.15, 0.2) is 11.6 Å². The van der Waals surface area contributed by atoms with Crippen molar-refractivity contribution in [3.05, 3.63) is 83.4 Å². The Bertz CT molecular complexity index is 1400. The third kappa shape index (κ3) is 6.00. The minimum Gasteiger partial charge on any atom is -0.590 e. The lowest BCUT2D eigenvalue weighted by Crippen LogP contribution is -2.11. The second kappa shape index (κ2) is 11.6. The van der Waals surface area contributed by atoms with E-state index >= 15 is 0 Å². The van der Waals surface area contributed by atoms with Crippen molar-refractivity contribution in [3.63, 3.8) is 0 Å². The molecule has 1 aromatic carbocycles. The first-order chi connectivity index (χ1) is 17.8. The number of hydrogen-bond acceptors (Lipinski definition) is 8. The summed E-state index contributed by atoms with van der Waals surface area (Å²) in [6, 6.07) is 10.6. The third-order valence-corrected chi connectivity index (χ3v) is 6.32. The second-order valence-electron chi connectivity index (χ2n) is 8.51. The predicted octanol–water partition coefficient (Wildman–Crippen LogP) is 6.32. The first-order valence-electron chi connectivity index (χ1n) is 11.6. The van der Waals surface area contributed by atoms with Gasteiger partial charge in [0.1, 0.15) is 29.3 Å². The Kier molecular flexibility index (Phi) is 8.24. The van der Waals surface area contributed by atoms with E-state index in [1.807, 2.05) is 20.8 Å². The first kappa shape index (κ1) is 26.4. The number of pyridine rings is 1. The summed E-state index contributed by atoms with van der Waals surface area (Å²) >= 11 is -1.41. The molecule has 0 fully saturated rings. The van der Waals surface area contributed by atoms with Crippen LogP contribution in [0.25, 0.3) is 22.6 Å². The zero-order valence-electron chi connectivity index (χ0n) is 20.8. The van der Waals surface area contributed by atoms with Crippen LogP contribution in [-0.4, -0.2) is 36.0 Å². The molecule has 0 saturated carbocycles. The summed E-state index contributed by atoms with van der Waals surface area (Å²) in [4.78, 5) is 13.3. The minimum atomic E-state index is -1.41. The van der Waals surface area contributed by atoms with Crippen molar-refractivity contribution in [3.8, 4) is 22.6 Å². The van der Waals surface area contributed by atoms with Gasteiger partial charge in [-0.25, -0.2) is 23.7 Å². The SMILES string of the molecule is CC[C@H](C)c1cc(-c2c(F)cccc2F)nnc1C(C)c1ccnc(-c2ccc(N=N[S+](C)[O-])nc2)n1. The first-order valence-corrected chi connectivity index (χ1v) is 13.2. The summed E-state index contributed by atoms with van der Waals surface area (Å²) in [6.07, 6.45) is 5.45. The lowest BCUT2D eigenvalue weighted by atomic mass is 9.89. The van der Waals surface area contributed by atoms with E-state index in [2.05, 4.69) is 29.8 Å². The summed E-state index contributed by atoms with van der Waals surface area (Å²) in [6.45, 7) is 6.04. The molecule has 0 amide bonds. The van der Waals surface area contributed by atoms with E-state index in [4.69, 9.17) is 4.98 Å². The van der Waals surface area contributed by atoms with Crippen LogP contribution >= 0.6 is 0 Å². The maximum absolute atomic E-state index is 14.4. The molecule has 37 heavy (non-hydrogen) atoms. The molecule has 4 aromatic rings. The van der Waals surface area contributed by atoms with Gasteiger partial charge in [0.25, 0.3) is 0 Å². The number of halogens is 2. The molecule has 4 rings (SSSR count). The Morgan fingerprint density at radius 1 is 1.03 bits per heavy atom. The topological polar surface area (TPSA) is 112 Å². The van der Waals surface area contributed by atoms with Crippen LogP contribution in [0.1, 0.15) is 56.0 Å². The summed E-state index contributed by atoms with van der Waals surface area (Å²) in [7, 11) is 0. The van der Waals surface area contributed by atoms with Crippen LogP contribution in [0.15, 0.2) is 64.5 Å². The Hall–Kier alpha value is -3.70. The van der Waals surface area contributed by atoms with Crippen molar-refractivity contribution in [2.24, 2.45) is 9.63 Å². The highest BCUT2D eigenvalue weighted by molar-refractivity contribution is 7.89. The molecule has 0 aliphatic heterocycles. The van der Waals surface area contributed by atoms with Crippen molar-refractivity contribution in [1.82, 2.24) is 25.1 Å². The average Bonchev–Trinajstić information content (AvgIpc) is 2.91. The van der Waals surface area contributed by atoms with Crippen molar-refractivity contribution in [1.29, 1.82) is 0 Å². The van der Waals surface area contributed by atoms with Crippen LogP contribution in [0.2, 0.25) is 0 Å². The lowest BCUT2D eigenvalue weighted by Gasteiger charge is -2.19. The maximum atomic E-state index is 14.4. The molecule has 0 spiro atoms. The molecule has 0 saturated heterocycles. The van der Waals surface area contributed by atoms with Gasteiger partial charge in [-0.15, -0.1) is 0 Å². The molecule has 0 bridgehead atoms. The van der Waals surface area contributed by atoms with Gasteiger partial charge in [-0.2, -0.15) is 10.2 Å². The van der Waals surface area contributed by atoms with Gasteiger partial charge < -0.3 is 4.55 Å². The highest BCUT2D eigenvalue weighted by Crippen LogP contribution is 2.34. The third-order valence-electron chi connectivity index (χ3n) is 6.01. The molecule has 3 aromatic heterocycles. The van der Waals surface area contributed by atoms with Crippen molar-refractivity contribution < 1.29 is 13.3 Å². The molecule has 0 radical (unpaired) electrons. The quantitative estimate of drug-likeness (QED) is 0.198. The summed E-state index contributed by atoms with van der Waals surface area (Å²) in [5.41, 5.74) is 2.88. The highest BCUT2D eigenvalue weighted by Gasteiger charge is 2.23. The predicted molar refractivity (Wildman–Crippen MR) is 137 cm³/mol. The molecule has 0 N–H and O–H groups in total. The fourth-order valence-electron chi connectivity index (χ4n) is 3.80.